The maximum absolute atomic E-state index is 13.0. The van der Waals surface area contributed by atoms with Crippen molar-refractivity contribution in [1.82, 2.24) is 0 Å². The van der Waals surface area contributed by atoms with Crippen LogP contribution in [0.25, 0.3) is 0 Å². The number of carbonyl (C=O) groups excluding carboxylic acids is 1. The summed E-state index contributed by atoms with van der Waals surface area (Å²) >= 11 is 3.01. The lowest BCUT2D eigenvalue weighted by molar-refractivity contribution is 0.102. The Balaban J connectivity index is 3.36. The minimum atomic E-state index is -0.465. The average Bonchev–Trinajstić information content (AvgIpc) is 2.20. The molecule has 0 amide bonds. The maximum Gasteiger partial charge on any atom is 0.174 e. The Labute approximate surface area is 89.5 Å². The van der Waals surface area contributed by atoms with Gasteiger partial charge in [0.25, 0.3) is 0 Å². The largest absolute Gasteiger partial charge is 0.293 e. The summed E-state index contributed by atoms with van der Waals surface area (Å²) in [4.78, 5) is 11.3. The molecular formula is C10H7BrFNO. The molecule has 0 atom stereocenters. The first-order valence-corrected chi connectivity index (χ1v) is 5.01. The molecule has 4 heteroatoms. The van der Waals surface area contributed by atoms with Crippen molar-refractivity contribution in [3.63, 3.8) is 0 Å². The van der Waals surface area contributed by atoms with Gasteiger partial charge in [-0.05, 0) is 24.6 Å². The minimum absolute atomic E-state index is 0.0811. The zero-order valence-corrected chi connectivity index (χ0v) is 9.06. The first kappa shape index (κ1) is 10.9. The van der Waals surface area contributed by atoms with Gasteiger partial charge in [0, 0.05) is 5.56 Å². The van der Waals surface area contributed by atoms with E-state index in [1.807, 2.05) is 0 Å². The predicted molar refractivity (Wildman–Crippen MR) is 54.0 cm³/mol. The van der Waals surface area contributed by atoms with Crippen LogP contribution in [0.4, 0.5) is 4.39 Å². The van der Waals surface area contributed by atoms with Crippen LogP contribution in [0.1, 0.15) is 21.5 Å². The fourth-order valence-electron chi connectivity index (χ4n) is 1.08. The second-order valence-electron chi connectivity index (χ2n) is 2.82. The Morgan fingerprint density at radius 2 is 2.29 bits per heavy atom. The first-order chi connectivity index (χ1) is 6.60. The van der Waals surface area contributed by atoms with Crippen LogP contribution in [0, 0.1) is 24.1 Å². The van der Waals surface area contributed by atoms with Gasteiger partial charge in [0.05, 0.1) is 17.0 Å². The molecule has 0 aliphatic heterocycles. The molecule has 72 valence electrons. The molecule has 14 heavy (non-hydrogen) atoms. The Bertz CT molecular complexity index is 423. The average molecular weight is 256 g/mol. The van der Waals surface area contributed by atoms with Crippen LogP contribution in [0.3, 0.4) is 0 Å². The summed E-state index contributed by atoms with van der Waals surface area (Å²) in [5.41, 5.74) is 0.717. The molecule has 0 fully saturated rings. The number of nitriles is 1. The van der Waals surface area contributed by atoms with Crippen molar-refractivity contribution in [2.24, 2.45) is 0 Å². The van der Waals surface area contributed by atoms with Crippen molar-refractivity contribution in [1.29, 1.82) is 5.26 Å². The fourth-order valence-corrected chi connectivity index (χ4v) is 1.38. The zero-order chi connectivity index (χ0) is 10.7. The number of rotatable bonds is 2. The molecule has 0 aliphatic rings. The van der Waals surface area contributed by atoms with Gasteiger partial charge in [0.2, 0.25) is 0 Å². The van der Waals surface area contributed by atoms with E-state index in [9.17, 15) is 9.18 Å². The molecule has 0 bridgehead atoms. The first-order valence-electron chi connectivity index (χ1n) is 3.89. The van der Waals surface area contributed by atoms with E-state index >= 15 is 0 Å². The highest BCUT2D eigenvalue weighted by molar-refractivity contribution is 9.09. The van der Waals surface area contributed by atoms with Crippen LogP contribution in [-0.2, 0) is 0 Å². The zero-order valence-electron chi connectivity index (χ0n) is 7.47. The number of hydrogen-bond acceptors (Lipinski definition) is 2. The highest BCUT2D eigenvalue weighted by Gasteiger charge is 2.12. The second-order valence-corrected chi connectivity index (χ2v) is 3.38. The highest BCUT2D eigenvalue weighted by atomic mass is 79.9. The van der Waals surface area contributed by atoms with Crippen LogP contribution in [-0.4, -0.2) is 11.1 Å². The van der Waals surface area contributed by atoms with Crippen LogP contribution in [0.15, 0.2) is 12.1 Å². The lowest BCUT2D eigenvalue weighted by Crippen LogP contribution is -2.04. The third-order valence-electron chi connectivity index (χ3n) is 1.84. The van der Waals surface area contributed by atoms with Gasteiger partial charge in [-0.25, -0.2) is 4.39 Å². The molecule has 0 radical (unpaired) electrons. The number of nitrogens with zero attached hydrogens (tertiary/aromatic N) is 1. The second kappa shape index (κ2) is 4.34. The van der Waals surface area contributed by atoms with Crippen LogP contribution in [0.5, 0.6) is 0 Å². The molecular weight excluding hydrogens is 249 g/mol. The summed E-state index contributed by atoms with van der Waals surface area (Å²) in [6.07, 6.45) is 0. The van der Waals surface area contributed by atoms with Crippen molar-refractivity contribution < 1.29 is 9.18 Å². The molecule has 0 aliphatic carbocycles. The molecule has 0 spiro atoms. The van der Waals surface area contributed by atoms with E-state index in [0.29, 0.717) is 5.56 Å². The topological polar surface area (TPSA) is 40.9 Å². The fraction of sp³-hybridized carbons (Fsp3) is 0.200. The van der Waals surface area contributed by atoms with E-state index in [0.717, 1.165) is 6.07 Å². The Morgan fingerprint density at radius 1 is 1.64 bits per heavy atom. The lowest BCUT2D eigenvalue weighted by atomic mass is 10.0. The number of Topliss-reactive ketones (excluding diaryl/α,β-unsaturated/α-hetero) is 1. The Kier molecular flexibility index (Phi) is 3.37. The molecule has 0 aromatic heterocycles. The molecule has 1 aromatic rings. The number of hydrogen-bond donors (Lipinski definition) is 0. The normalized spacial score (nSPS) is 9.57. The number of aryl methyl sites for hydroxylation is 1. The van der Waals surface area contributed by atoms with Crippen LogP contribution in [0.2, 0.25) is 0 Å². The summed E-state index contributed by atoms with van der Waals surface area (Å²) in [5, 5.41) is 8.83. The lowest BCUT2D eigenvalue weighted by Gasteiger charge is -2.03. The number of carbonyl (C=O) groups is 1. The quantitative estimate of drug-likeness (QED) is 0.602. The van der Waals surface area contributed by atoms with E-state index in [1.54, 1.807) is 13.0 Å². The number of halogens is 2. The van der Waals surface area contributed by atoms with Gasteiger partial charge in [0.1, 0.15) is 5.82 Å². The van der Waals surface area contributed by atoms with Crippen LogP contribution >= 0.6 is 15.9 Å². The Morgan fingerprint density at radius 3 is 2.79 bits per heavy atom. The van der Waals surface area contributed by atoms with Gasteiger partial charge < -0.3 is 0 Å². The smallest absolute Gasteiger partial charge is 0.174 e. The molecule has 0 heterocycles. The van der Waals surface area contributed by atoms with Gasteiger partial charge in [-0.3, -0.25) is 4.79 Å². The highest BCUT2D eigenvalue weighted by Crippen LogP contribution is 2.16. The number of alkyl halides is 1. The van der Waals surface area contributed by atoms with Gasteiger partial charge >= 0.3 is 0 Å². The maximum atomic E-state index is 13.0. The van der Waals surface area contributed by atoms with E-state index in [2.05, 4.69) is 15.9 Å². The van der Waals surface area contributed by atoms with Crippen molar-refractivity contribution in [2.75, 3.05) is 5.33 Å². The summed E-state index contributed by atoms with van der Waals surface area (Å²) < 4.78 is 13.0. The van der Waals surface area contributed by atoms with Crippen LogP contribution < -0.4 is 0 Å². The van der Waals surface area contributed by atoms with Crippen molar-refractivity contribution in [3.8, 4) is 6.07 Å². The van der Waals surface area contributed by atoms with Gasteiger partial charge in [0.15, 0.2) is 5.78 Å². The standard InChI is InChI=1S/C10H7BrFNO/c1-6-2-8(10(14)4-11)7(5-13)3-9(6)12/h2-3H,4H2,1H3. The third kappa shape index (κ3) is 1.99. The predicted octanol–water partition coefficient (Wildman–Crippen LogP) is 2.58. The van der Waals surface area contributed by atoms with Gasteiger partial charge in [-0.15, -0.1) is 0 Å². The van der Waals surface area contributed by atoms with Gasteiger partial charge in [-0.1, -0.05) is 15.9 Å². The number of benzene rings is 1. The van der Waals surface area contributed by atoms with E-state index < -0.39 is 5.82 Å². The monoisotopic (exact) mass is 255 g/mol. The summed E-state index contributed by atoms with van der Waals surface area (Å²) in [5.74, 6) is -0.683. The van der Waals surface area contributed by atoms with E-state index in [4.69, 9.17) is 5.26 Å². The molecule has 0 saturated carbocycles. The van der Waals surface area contributed by atoms with E-state index in [-0.39, 0.29) is 22.2 Å². The summed E-state index contributed by atoms with van der Waals surface area (Å²) in [6.45, 7) is 1.56. The molecule has 0 saturated heterocycles. The minimum Gasteiger partial charge on any atom is -0.293 e. The van der Waals surface area contributed by atoms with E-state index in [1.165, 1.54) is 6.07 Å². The van der Waals surface area contributed by atoms with Gasteiger partial charge in [-0.2, -0.15) is 5.26 Å². The van der Waals surface area contributed by atoms with Crippen molar-refractivity contribution in [3.05, 3.63) is 34.6 Å². The molecule has 1 rings (SSSR count). The third-order valence-corrected chi connectivity index (χ3v) is 2.35. The Hall–Kier alpha value is -1.21. The van der Waals surface area contributed by atoms with Crippen molar-refractivity contribution >= 4 is 21.7 Å². The molecule has 0 N–H and O–H groups in total. The molecule has 2 nitrogen and oxygen atoms in total. The molecule has 0 unspecified atom stereocenters. The summed E-state index contributed by atoms with van der Waals surface area (Å²) in [6, 6.07) is 4.29. The number of ketones is 1. The molecule has 1 aromatic carbocycles. The van der Waals surface area contributed by atoms with Crippen molar-refractivity contribution in [2.45, 2.75) is 6.92 Å². The SMILES string of the molecule is Cc1cc(C(=O)CBr)c(C#N)cc1F. The summed E-state index contributed by atoms with van der Waals surface area (Å²) in [7, 11) is 0.